The summed E-state index contributed by atoms with van der Waals surface area (Å²) < 4.78 is 5.30. The number of carbonyl (C=O) groups excluding carboxylic acids is 1. The van der Waals surface area contributed by atoms with Crippen LogP contribution in [0.1, 0.15) is 19.4 Å². The average Bonchev–Trinajstić information content (AvgIpc) is 2.92. The molecule has 0 fully saturated rings. The van der Waals surface area contributed by atoms with E-state index >= 15 is 0 Å². The molecule has 2 aromatic carbocycles. The highest BCUT2D eigenvalue weighted by Gasteiger charge is 2.28. The van der Waals surface area contributed by atoms with Gasteiger partial charge < -0.3 is 9.84 Å². The summed E-state index contributed by atoms with van der Waals surface area (Å²) in [5, 5.41) is 14.6. The number of carboxylic acids is 1. The van der Waals surface area contributed by atoms with Crippen LogP contribution in [0.3, 0.4) is 0 Å². The summed E-state index contributed by atoms with van der Waals surface area (Å²) in [5.41, 5.74) is 2.67. The topological polar surface area (TPSA) is 79.2 Å². The lowest BCUT2D eigenvalue weighted by Gasteiger charge is -2.11. The van der Waals surface area contributed by atoms with E-state index in [-0.39, 0.29) is 5.91 Å². The molecule has 1 atom stereocenters. The minimum absolute atomic E-state index is 0.187. The van der Waals surface area contributed by atoms with Crippen molar-refractivity contribution in [2.24, 2.45) is 5.10 Å². The number of anilines is 1. The SMILES string of the molecule is CC1=NN(c2ccccc2)C(=O)/C1=C\c1ccc(O[C@@H](C)C(=O)O)cc1. The number of aliphatic carboxylic acids is 1. The third-order valence-electron chi connectivity index (χ3n) is 3.92. The third kappa shape index (κ3) is 3.64. The molecule has 1 aliphatic heterocycles. The third-order valence-corrected chi connectivity index (χ3v) is 3.92. The van der Waals surface area contributed by atoms with E-state index in [0.717, 1.165) is 5.56 Å². The van der Waals surface area contributed by atoms with E-state index in [0.29, 0.717) is 22.7 Å². The lowest BCUT2D eigenvalue weighted by molar-refractivity contribution is -0.144. The first-order valence-corrected chi connectivity index (χ1v) is 8.12. The Balaban J connectivity index is 1.79. The minimum atomic E-state index is -1.03. The predicted molar refractivity (Wildman–Crippen MR) is 99.2 cm³/mol. The Morgan fingerprint density at radius 2 is 1.81 bits per heavy atom. The Kier molecular flexibility index (Phi) is 4.84. The molecule has 0 bridgehead atoms. The number of nitrogens with zero attached hydrogens (tertiary/aromatic N) is 2. The second-order valence-electron chi connectivity index (χ2n) is 5.86. The summed E-state index contributed by atoms with van der Waals surface area (Å²) in [4.78, 5) is 23.5. The highest BCUT2D eigenvalue weighted by molar-refractivity contribution is 6.32. The van der Waals surface area contributed by atoms with Crippen LogP contribution in [0, 0.1) is 0 Å². The Morgan fingerprint density at radius 3 is 2.42 bits per heavy atom. The van der Waals surface area contributed by atoms with Gasteiger partial charge in [-0.1, -0.05) is 30.3 Å². The zero-order valence-corrected chi connectivity index (χ0v) is 14.4. The summed E-state index contributed by atoms with van der Waals surface area (Å²) in [5.74, 6) is -0.759. The van der Waals surface area contributed by atoms with Crippen LogP contribution in [0.5, 0.6) is 5.75 Å². The van der Waals surface area contributed by atoms with Gasteiger partial charge in [0.2, 0.25) is 0 Å². The zero-order valence-electron chi connectivity index (χ0n) is 14.4. The first kappa shape index (κ1) is 17.4. The van der Waals surface area contributed by atoms with Crippen molar-refractivity contribution >= 4 is 29.4 Å². The monoisotopic (exact) mass is 350 g/mol. The molecule has 26 heavy (non-hydrogen) atoms. The molecule has 6 heteroatoms. The molecule has 1 aliphatic rings. The molecule has 2 aromatic rings. The van der Waals surface area contributed by atoms with Crippen LogP contribution in [-0.4, -0.2) is 28.8 Å². The Hall–Kier alpha value is -3.41. The number of benzene rings is 2. The maximum Gasteiger partial charge on any atom is 0.344 e. The number of hydrazone groups is 1. The number of rotatable bonds is 5. The largest absolute Gasteiger partial charge is 0.479 e. The van der Waals surface area contributed by atoms with Crippen molar-refractivity contribution in [3.8, 4) is 5.75 Å². The number of para-hydroxylation sites is 1. The molecule has 0 aromatic heterocycles. The van der Waals surface area contributed by atoms with Gasteiger partial charge in [-0.05, 0) is 49.8 Å². The summed E-state index contributed by atoms with van der Waals surface area (Å²) in [6, 6.07) is 16.1. The standard InChI is InChI=1S/C20H18N2O4/c1-13-18(19(23)22(21-13)16-6-4-3-5-7-16)12-15-8-10-17(11-9-15)26-14(2)20(24)25/h3-12,14H,1-2H3,(H,24,25)/b18-12-/t14-/m0/s1. The van der Waals surface area contributed by atoms with Crippen LogP contribution in [0.25, 0.3) is 6.08 Å². The van der Waals surface area contributed by atoms with Gasteiger partial charge in [0, 0.05) is 0 Å². The van der Waals surface area contributed by atoms with E-state index in [1.165, 1.54) is 11.9 Å². The Labute approximate surface area is 151 Å². The highest BCUT2D eigenvalue weighted by atomic mass is 16.5. The van der Waals surface area contributed by atoms with Crippen molar-refractivity contribution in [3.05, 3.63) is 65.7 Å². The van der Waals surface area contributed by atoms with Gasteiger partial charge in [-0.3, -0.25) is 4.79 Å². The molecule has 3 rings (SSSR count). The molecule has 1 amide bonds. The second kappa shape index (κ2) is 7.23. The van der Waals surface area contributed by atoms with Crippen molar-refractivity contribution in [1.29, 1.82) is 0 Å². The van der Waals surface area contributed by atoms with Gasteiger partial charge in [0.15, 0.2) is 6.10 Å². The fourth-order valence-corrected chi connectivity index (χ4v) is 2.49. The lowest BCUT2D eigenvalue weighted by atomic mass is 10.1. The van der Waals surface area contributed by atoms with E-state index in [9.17, 15) is 9.59 Å². The Morgan fingerprint density at radius 1 is 1.15 bits per heavy atom. The number of hydrogen-bond acceptors (Lipinski definition) is 4. The van der Waals surface area contributed by atoms with Crippen LogP contribution in [-0.2, 0) is 9.59 Å². The van der Waals surface area contributed by atoms with Crippen LogP contribution in [0.15, 0.2) is 65.3 Å². The van der Waals surface area contributed by atoms with Crippen LogP contribution in [0.4, 0.5) is 5.69 Å². The van der Waals surface area contributed by atoms with E-state index in [4.69, 9.17) is 9.84 Å². The quantitative estimate of drug-likeness (QED) is 0.839. The number of amides is 1. The van der Waals surface area contributed by atoms with Gasteiger partial charge in [0.25, 0.3) is 5.91 Å². The predicted octanol–water partition coefficient (Wildman–Crippen LogP) is 3.34. The summed E-state index contributed by atoms with van der Waals surface area (Å²) in [6.07, 6.45) is 0.832. The molecule has 6 nitrogen and oxygen atoms in total. The normalized spacial score (nSPS) is 16.5. The van der Waals surface area contributed by atoms with Crippen LogP contribution in [0.2, 0.25) is 0 Å². The number of hydrogen-bond donors (Lipinski definition) is 1. The molecular weight excluding hydrogens is 332 g/mol. The molecule has 0 saturated carbocycles. The average molecular weight is 350 g/mol. The van der Waals surface area contributed by atoms with Gasteiger partial charge in [-0.2, -0.15) is 10.1 Å². The van der Waals surface area contributed by atoms with Crippen molar-refractivity contribution in [2.75, 3.05) is 5.01 Å². The fraction of sp³-hybridized carbons (Fsp3) is 0.150. The molecule has 132 valence electrons. The molecule has 0 aliphatic carbocycles. The maximum absolute atomic E-state index is 12.7. The number of carboxylic acid groups (broad SMARTS) is 1. The van der Waals surface area contributed by atoms with Crippen molar-refractivity contribution < 1.29 is 19.4 Å². The maximum atomic E-state index is 12.7. The van der Waals surface area contributed by atoms with E-state index < -0.39 is 12.1 Å². The summed E-state index contributed by atoms with van der Waals surface area (Å²) in [6.45, 7) is 3.26. The van der Waals surface area contributed by atoms with E-state index in [1.54, 1.807) is 37.3 Å². The molecule has 0 unspecified atom stereocenters. The lowest BCUT2D eigenvalue weighted by Crippen LogP contribution is -2.22. The number of carbonyl (C=O) groups is 2. The van der Waals surface area contributed by atoms with Crippen molar-refractivity contribution in [2.45, 2.75) is 20.0 Å². The first-order chi connectivity index (χ1) is 12.5. The minimum Gasteiger partial charge on any atom is -0.479 e. The first-order valence-electron chi connectivity index (χ1n) is 8.12. The fourth-order valence-electron chi connectivity index (χ4n) is 2.49. The molecule has 0 radical (unpaired) electrons. The number of ether oxygens (including phenoxy) is 1. The smallest absolute Gasteiger partial charge is 0.344 e. The van der Waals surface area contributed by atoms with Gasteiger partial charge in [-0.15, -0.1) is 0 Å². The molecular formula is C20H18N2O4. The summed E-state index contributed by atoms with van der Waals surface area (Å²) in [7, 11) is 0. The van der Waals surface area contributed by atoms with Crippen LogP contribution >= 0.6 is 0 Å². The van der Waals surface area contributed by atoms with Gasteiger partial charge in [0.1, 0.15) is 5.75 Å². The zero-order chi connectivity index (χ0) is 18.7. The van der Waals surface area contributed by atoms with Gasteiger partial charge in [0.05, 0.1) is 17.0 Å². The Bertz CT molecular complexity index is 886. The molecule has 0 saturated heterocycles. The van der Waals surface area contributed by atoms with Gasteiger partial charge >= 0.3 is 5.97 Å². The van der Waals surface area contributed by atoms with Gasteiger partial charge in [-0.25, -0.2) is 4.79 Å². The summed E-state index contributed by atoms with van der Waals surface area (Å²) >= 11 is 0. The molecule has 1 N–H and O–H groups in total. The van der Waals surface area contributed by atoms with E-state index in [1.807, 2.05) is 30.3 Å². The second-order valence-corrected chi connectivity index (χ2v) is 5.86. The van der Waals surface area contributed by atoms with E-state index in [2.05, 4.69) is 5.10 Å². The van der Waals surface area contributed by atoms with Crippen LogP contribution < -0.4 is 9.75 Å². The van der Waals surface area contributed by atoms with Crippen molar-refractivity contribution in [1.82, 2.24) is 0 Å². The highest BCUT2D eigenvalue weighted by Crippen LogP contribution is 2.25. The molecule has 1 heterocycles. The molecule has 0 spiro atoms. The van der Waals surface area contributed by atoms with Crippen molar-refractivity contribution in [3.63, 3.8) is 0 Å².